The molecule has 0 aromatic heterocycles. The van der Waals surface area contributed by atoms with Crippen LogP contribution in [0, 0.1) is 11.3 Å². The van der Waals surface area contributed by atoms with E-state index in [1.807, 2.05) is 7.05 Å². The maximum absolute atomic E-state index is 13.4. The lowest BCUT2D eigenvalue weighted by Crippen LogP contribution is -2.56. The first-order valence-electron chi connectivity index (χ1n) is 5.51. The van der Waals surface area contributed by atoms with Crippen molar-refractivity contribution in [2.75, 3.05) is 20.1 Å². The van der Waals surface area contributed by atoms with Gasteiger partial charge in [-0.25, -0.2) is 8.78 Å². The number of likely N-dealkylation sites (tertiary alicyclic amines) is 1. The highest BCUT2D eigenvalue weighted by atomic mass is 19.3. The highest BCUT2D eigenvalue weighted by molar-refractivity contribution is 5.01. The van der Waals surface area contributed by atoms with Gasteiger partial charge >= 0.3 is 0 Å². The zero-order valence-corrected chi connectivity index (χ0v) is 9.02. The van der Waals surface area contributed by atoms with Crippen LogP contribution in [0.25, 0.3) is 0 Å². The Hall–Kier alpha value is -0.180. The van der Waals surface area contributed by atoms with Crippen LogP contribution in [0.5, 0.6) is 0 Å². The number of nitrogens with zero attached hydrogens (tertiary/aromatic N) is 1. The van der Waals surface area contributed by atoms with E-state index in [-0.39, 0.29) is 18.4 Å². The SMILES string of the molecule is CCC1CC2(C1)CN(C)CC(F)(F)C2. The van der Waals surface area contributed by atoms with E-state index in [1.165, 1.54) is 0 Å². The minimum atomic E-state index is -2.45. The summed E-state index contributed by atoms with van der Waals surface area (Å²) in [6, 6.07) is 0. The maximum atomic E-state index is 13.4. The average Bonchev–Trinajstić information content (AvgIpc) is 1.95. The average molecular weight is 203 g/mol. The monoisotopic (exact) mass is 203 g/mol. The lowest BCUT2D eigenvalue weighted by Gasteiger charge is -2.54. The largest absolute Gasteiger partial charge is 0.300 e. The van der Waals surface area contributed by atoms with Crippen molar-refractivity contribution in [3.8, 4) is 0 Å². The summed E-state index contributed by atoms with van der Waals surface area (Å²) in [4.78, 5) is 1.80. The van der Waals surface area contributed by atoms with Crippen LogP contribution >= 0.6 is 0 Å². The lowest BCUT2D eigenvalue weighted by atomic mass is 9.57. The second kappa shape index (κ2) is 3.16. The van der Waals surface area contributed by atoms with E-state index in [0.717, 1.165) is 25.8 Å². The molecule has 2 aliphatic rings. The van der Waals surface area contributed by atoms with E-state index in [4.69, 9.17) is 0 Å². The van der Waals surface area contributed by atoms with Crippen LogP contribution in [0.1, 0.15) is 32.6 Å². The van der Waals surface area contributed by atoms with Crippen LogP contribution in [0.15, 0.2) is 0 Å². The predicted octanol–water partition coefficient (Wildman–Crippen LogP) is 2.76. The molecule has 1 aliphatic heterocycles. The lowest BCUT2D eigenvalue weighted by molar-refractivity contribution is -0.147. The van der Waals surface area contributed by atoms with Gasteiger partial charge in [0, 0.05) is 13.0 Å². The van der Waals surface area contributed by atoms with Crippen LogP contribution in [0.2, 0.25) is 0 Å². The summed E-state index contributed by atoms with van der Waals surface area (Å²) in [5.41, 5.74) is -0.0445. The minimum absolute atomic E-state index is 0.0445. The van der Waals surface area contributed by atoms with Gasteiger partial charge in [0.15, 0.2) is 0 Å². The number of halogens is 2. The number of hydrogen-bond acceptors (Lipinski definition) is 1. The van der Waals surface area contributed by atoms with Gasteiger partial charge in [0.25, 0.3) is 5.92 Å². The zero-order chi connectivity index (χ0) is 10.4. The highest BCUT2D eigenvalue weighted by Gasteiger charge is 2.53. The number of hydrogen-bond donors (Lipinski definition) is 0. The predicted molar refractivity (Wildman–Crippen MR) is 52.5 cm³/mol. The Morgan fingerprint density at radius 2 is 1.93 bits per heavy atom. The molecule has 0 bridgehead atoms. The molecule has 3 heteroatoms. The molecule has 82 valence electrons. The Balaban J connectivity index is 2.00. The summed E-state index contributed by atoms with van der Waals surface area (Å²) < 4.78 is 26.7. The first kappa shape index (κ1) is 10.3. The highest BCUT2D eigenvalue weighted by Crippen LogP contribution is 2.54. The fraction of sp³-hybridized carbons (Fsp3) is 1.00. The molecule has 14 heavy (non-hydrogen) atoms. The Kier molecular flexibility index (Phi) is 2.33. The topological polar surface area (TPSA) is 3.24 Å². The van der Waals surface area contributed by atoms with Gasteiger partial charge in [0.2, 0.25) is 0 Å². The van der Waals surface area contributed by atoms with Crippen LogP contribution in [0.4, 0.5) is 8.78 Å². The van der Waals surface area contributed by atoms with Crippen molar-refractivity contribution in [1.29, 1.82) is 0 Å². The molecule has 0 amide bonds. The maximum Gasteiger partial charge on any atom is 0.261 e. The van der Waals surface area contributed by atoms with Crippen LogP contribution in [-0.2, 0) is 0 Å². The van der Waals surface area contributed by atoms with Crippen molar-refractivity contribution < 1.29 is 8.78 Å². The van der Waals surface area contributed by atoms with Gasteiger partial charge in [-0.05, 0) is 31.2 Å². The molecule has 1 saturated carbocycles. The molecule has 0 N–H and O–H groups in total. The smallest absolute Gasteiger partial charge is 0.261 e. The molecule has 0 aromatic carbocycles. The van der Waals surface area contributed by atoms with E-state index in [9.17, 15) is 8.78 Å². The quantitative estimate of drug-likeness (QED) is 0.633. The van der Waals surface area contributed by atoms with Gasteiger partial charge < -0.3 is 4.90 Å². The zero-order valence-electron chi connectivity index (χ0n) is 9.02. The molecule has 1 aliphatic carbocycles. The van der Waals surface area contributed by atoms with Gasteiger partial charge in [-0.15, -0.1) is 0 Å². The Bertz CT molecular complexity index is 221. The van der Waals surface area contributed by atoms with Crippen molar-refractivity contribution in [1.82, 2.24) is 4.90 Å². The number of piperidine rings is 1. The Morgan fingerprint density at radius 3 is 2.43 bits per heavy atom. The molecule has 0 radical (unpaired) electrons. The van der Waals surface area contributed by atoms with E-state index in [2.05, 4.69) is 6.92 Å². The number of alkyl halides is 2. The Morgan fingerprint density at radius 1 is 1.29 bits per heavy atom. The molecule has 1 heterocycles. The summed E-state index contributed by atoms with van der Waals surface area (Å²) in [6.45, 7) is 2.98. The van der Waals surface area contributed by atoms with Crippen molar-refractivity contribution in [3.63, 3.8) is 0 Å². The van der Waals surface area contributed by atoms with E-state index < -0.39 is 5.92 Å². The van der Waals surface area contributed by atoms with Crippen LogP contribution < -0.4 is 0 Å². The second-order valence-corrected chi connectivity index (χ2v) is 5.39. The molecule has 2 rings (SSSR count). The molecular weight excluding hydrogens is 184 g/mol. The summed E-state index contributed by atoms with van der Waals surface area (Å²) in [6.07, 6.45) is 3.31. The fourth-order valence-corrected chi connectivity index (χ4v) is 3.41. The standard InChI is InChI=1S/C11H19F2N/c1-3-9-4-10(5-9)6-11(12,13)8-14(2)7-10/h9H,3-8H2,1-2H3. The normalized spacial score (nSPS) is 42.4. The summed E-state index contributed by atoms with van der Waals surface area (Å²) in [7, 11) is 1.81. The van der Waals surface area contributed by atoms with Gasteiger partial charge in [-0.3, -0.25) is 0 Å². The van der Waals surface area contributed by atoms with Gasteiger partial charge in [0.1, 0.15) is 0 Å². The van der Waals surface area contributed by atoms with E-state index >= 15 is 0 Å². The summed E-state index contributed by atoms with van der Waals surface area (Å²) >= 11 is 0. The summed E-state index contributed by atoms with van der Waals surface area (Å²) in [5, 5.41) is 0. The Labute approximate surface area is 84.5 Å². The van der Waals surface area contributed by atoms with E-state index in [0.29, 0.717) is 5.92 Å². The third-order valence-electron chi connectivity index (χ3n) is 3.76. The van der Waals surface area contributed by atoms with Gasteiger partial charge in [-0.1, -0.05) is 13.3 Å². The fourth-order valence-electron chi connectivity index (χ4n) is 3.41. The van der Waals surface area contributed by atoms with Crippen LogP contribution in [0.3, 0.4) is 0 Å². The van der Waals surface area contributed by atoms with Crippen molar-refractivity contribution in [3.05, 3.63) is 0 Å². The molecule has 0 atom stereocenters. The van der Waals surface area contributed by atoms with Gasteiger partial charge in [-0.2, -0.15) is 0 Å². The van der Waals surface area contributed by atoms with Gasteiger partial charge in [0.05, 0.1) is 6.54 Å². The molecular formula is C11H19F2N. The first-order chi connectivity index (χ1) is 6.45. The van der Waals surface area contributed by atoms with Crippen molar-refractivity contribution in [2.45, 2.75) is 38.5 Å². The van der Waals surface area contributed by atoms with Crippen LogP contribution in [-0.4, -0.2) is 31.0 Å². The van der Waals surface area contributed by atoms with Crippen molar-refractivity contribution >= 4 is 0 Å². The first-order valence-corrected chi connectivity index (χ1v) is 5.51. The summed E-state index contributed by atoms with van der Waals surface area (Å²) in [5.74, 6) is -1.75. The molecule has 0 unspecified atom stereocenters. The minimum Gasteiger partial charge on any atom is -0.300 e. The third kappa shape index (κ3) is 1.79. The molecule has 2 fully saturated rings. The molecule has 1 nitrogen and oxygen atoms in total. The second-order valence-electron chi connectivity index (χ2n) is 5.39. The number of rotatable bonds is 1. The molecule has 1 spiro atoms. The molecule has 1 saturated heterocycles. The van der Waals surface area contributed by atoms with Crippen molar-refractivity contribution in [2.24, 2.45) is 11.3 Å². The third-order valence-corrected chi connectivity index (χ3v) is 3.76. The molecule has 0 aromatic rings. The van der Waals surface area contributed by atoms with E-state index in [1.54, 1.807) is 4.90 Å².